The number of aliphatic carboxylic acids is 1. The van der Waals surface area contributed by atoms with Crippen LogP contribution in [0, 0.1) is 6.92 Å². The van der Waals surface area contributed by atoms with Gasteiger partial charge in [0.25, 0.3) is 0 Å². The van der Waals surface area contributed by atoms with Crippen molar-refractivity contribution < 1.29 is 19.4 Å². The van der Waals surface area contributed by atoms with E-state index in [-0.39, 0.29) is 18.6 Å². The first-order valence-electron chi connectivity index (χ1n) is 6.61. The summed E-state index contributed by atoms with van der Waals surface area (Å²) in [5, 5.41) is 13.1. The van der Waals surface area contributed by atoms with Crippen molar-refractivity contribution in [3.63, 3.8) is 0 Å². The fourth-order valence-electron chi connectivity index (χ4n) is 2.25. The van der Waals surface area contributed by atoms with Crippen LogP contribution in [-0.2, 0) is 20.9 Å². The molecular weight excluding hydrogens is 262 g/mol. The molecule has 1 saturated heterocycles. The van der Waals surface area contributed by atoms with E-state index in [1.807, 2.05) is 13.1 Å². The minimum atomic E-state index is -1.03. The average Bonchev–Trinajstić information content (AvgIpc) is 2.81. The Morgan fingerprint density at radius 2 is 2.25 bits per heavy atom. The second-order valence-electron chi connectivity index (χ2n) is 5.10. The van der Waals surface area contributed by atoms with Crippen LogP contribution in [0.25, 0.3) is 0 Å². The molecule has 2 rings (SSSR count). The van der Waals surface area contributed by atoms with Gasteiger partial charge in [-0.15, -0.1) is 0 Å². The zero-order valence-corrected chi connectivity index (χ0v) is 11.7. The first-order valence-corrected chi connectivity index (χ1v) is 6.61. The zero-order valence-electron chi connectivity index (χ0n) is 11.7. The first kappa shape index (κ1) is 14.5. The summed E-state index contributed by atoms with van der Waals surface area (Å²) in [7, 11) is 0. The van der Waals surface area contributed by atoms with E-state index in [2.05, 4.69) is 5.10 Å². The summed E-state index contributed by atoms with van der Waals surface area (Å²) in [5.74, 6) is -1.10. The Labute approximate surface area is 117 Å². The highest BCUT2D eigenvalue weighted by atomic mass is 16.5. The van der Waals surface area contributed by atoms with Crippen LogP contribution in [0.3, 0.4) is 0 Å². The van der Waals surface area contributed by atoms with E-state index < -0.39 is 12.1 Å². The molecule has 110 valence electrons. The third-order valence-corrected chi connectivity index (χ3v) is 3.21. The number of hydrogen-bond donors (Lipinski definition) is 1. The second kappa shape index (κ2) is 6.04. The number of carbonyl (C=O) groups excluding carboxylic acids is 1. The van der Waals surface area contributed by atoms with Gasteiger partial charge in [0, 0.05) is 25.7 Å². The van der Waals surface area contributed by atoms with E-state index in [9.17, 15) is 9.59 Å². The van der Waals surface area contributed by atoms with Gasteiger partial charge in [-0.3, -0.25) is 9.48 Å². The van der Waals surface area contributed by atoms with Crippen LogP contribution in [-0.4, -0.2) is 57.0 Å². The number of morpholine rings is 1. The molecule has 0 spiro atoms. The fraction of sp³-hybridized carbons (Fsp3) is 0.615. The summed E-state index contributed by atoms with van der Waals surface area (Å²) in [4.78, 5) is 24.7. The molecule has 1 aromatic heterocycles. The summed E-state index contributed by atoms with van der Waals surface area (Å²) in [6.45, 7) is 4.74. The Bertz CT molecular complexity index is 500. The number of nitrogens with zero attached hydrogens (tertiary/aromatic N) is 3. The Kier molecular flexibility index (Phi) is 4.39. The topological polar surface area (TPSA) is 84.7 Å². The van der Waals surface area contributed by atoms with Crippen molar-refractivity contribution >= 4 is 11.9 Å². The first-order chi connectivity index (χ1) is 9.45. The molecule has 0 aliphatic carbocycles. The number of rotatable bonds is 4. The quantitative estimate of drug-likeness (QED) is 0.857. The van der Waals surface area contributed by atoms with E-state index >= 15 is 0 Å². The molecule has 0 bridgehead atoms. The lowest BCUT2D eigenvalue weighted by molar-refractivity contribution is -0.166. The molecule has 0 aromatic carbocycles. The number of carboxylic acid groups (broad SMARTS) is 1. The van der Waals surface area contributed by atoms with E-state index in [1.165, 1.54) is 0 Å². The lowest BCUT2D eigenvalue weighted by atomic mass is 10.2. The summed E-state index contributed by atoms with van der Waals surface area (Å²) < 4.78 is 7.00. The van der Waals surface area contributed by atoms with Gasteiger partial charge in [-0.05, 0) is 19.4 Å². The van der Waals surface area contributed by atoms with Crippen molar-refractivity contribution in [1.29, 1.82) is 0 Å². The molecule has 1 N–H and O–H groups in total. The number of hydrogen-bond acceptors (Lipinski definition) is 4. The summed E-state index contributed by atoms with van der Waals surface area (Å²) in [6, 6.07) is 0. The Morgan fingerprint density at radius 1 is 1.50 bits per heavy atom. The molecule has 1 fully saturated rings. The average molecular weight is 281 g/mol. The minimum absolute atomic E-state index is 0.0699. The van der Waals surface area contributed by atoms with Crippen LogP contribution in [0.2, 0.25) is 0 Å². The van der Waals surface area contributed by atoms with Crippen LogP contribution in [0.4, 0.5) is 0 Å². The van der Waals surface area contributed by atoms with Gasteiger partial charge in [-0.25, -0.2) is 4.79 Å². The summed E-state index contributed by atoms with van der Waals surface area (Å²) in [5.41, 5.74) is 1.04. The fourth-order valence-corrected chi connectivity index (χ4v) is 2.25. The molecule has 20 heavy (non-hydrogen) atoms. The molecular formula is C13H19N3O4. The van der Waals surface area contributed by atoms with Gasteiger partial charge in [0.15, 0.2) is 6.10 Å². The molecule has 7 nitrogen and oxygen atoms in total. The standard InChI is InChI=1S/C13H19N3O4/c1-9-5-14-16(6-9)4-3-12(17)15-7-10(2)20-11(8-15)13(18)19/h5-6,10-11H,3-4,7-8H2,1-2H3,(H,18,19)/t10-,11-/m1/s1. The SMILES string of the molecule is Cc1cnn(CCC(=O)N2C[C@@H](C)O[C@@H](C(=O)O)C2)c1. The van der Waals surface area contributed by atoms with E-state index in [0.717, 1.165) is 5.56 Å². The van der Waals surface area contributed by atoms with Crippen molar-refractivity contribution in [3.05, 3.63) is 18.0 Å². The zero-order chi connectivity index (χ0) is 14.7. The Balaban J connectivity index is 1.89. The smallest absolute Gasteiger partial charge is 0.334 e. The van der Waals surface area contributed by atoms with E-state index in [0.29, 0.717) is 19.5 Å². The molecule has 0 unspecified atom stereocenters. The maximum atomic E-state index is 12.1. The normalized spacial score (nSPS) is 22.8. The third kappa shape index (κ3) is 3.57. The van der Waals surface area contributed by atoms with Crippen LogP contribution in [0.15, 0.2) is 12.4 Å². The van der Waals surface area contributed by atoms with Gasteiger partial charge in [-0.1, -0.05) is 0 Å². The summed E-state index contributed by atoms with van der Waals surface area (Å²) in [6.07, 6.45) is 2.72. The Hall–Kier alpha value is -1.89. The highest BCUT2D eigenvalue weighted by Crippen LogP contribution is 2.13. The number of carbonyl (C=O) groups is 2. The van der Waals surface area contributed by atoms with Crippen molar-refractivity contribution in [3.8, 4) is 0 Å². The molecule has 1 amide bonds. The predicted octanol–water partition coefficient (Wildman–Crippen LogP) is 0.282. The number of carboxylic acids is 1. The highest BCUT2D eigenvalue weighted by molar-refractivity contribution is 5.78. The molecule has 1 aromatic rings. The number of ether oxygens (including phenoxy) is 1. The van der Waals surface area contributed by atoms with E-state index in [4.69, 9.17) is 9.84 Å². The Morgan fingerprint density at radius 3 is 2.85 bits per heavy atom. The third-order valence-electron chi connectivity index (χ3n) is 3.21. The molecule has 1 aliphatic rings. The van der Waals surface area contributed by atoms with Gasteiger partial charge < -0.3 is 14.7 Å². The molecule has 1 aliphatic heterocycles. The van der Waals surface area contributed by atoms with Crippen molar-refractivity contribution in [2.75, 3.05) is 13.1 Å². The lowest BCUT2D eigenvalue weighted by Crippen LogP contribution is -2.51. The second-order valence-corrected chi connectivity index (χ2v) is 5.10. The molecule has 0 saturated carbocycles. The predicted molar refractivity (Wildman–Crippen MR) is 70.1 cm³/mol. The lowest BCUT2D eigenvalue weighted by Gasteiger charge is -2.35. The van der Waals surface area contributed by atoms with Gasteiger partial charge in [-0.2, -0.15) is 5.10 Å². The van der Waals surface area contributed by atoms with Gasteiger partial charge >= 0.3 is 5.97 Å². The van der Waals surface area contributed by atoms with Gasteiger partial charge in [0.1, 0.15) is 0 Å². The monoisotopic (exact) mass is 281 g/mol. The molecule has 0 radical (unpaired) electrons. The molecule has 7 heteroatoms. The van der Waals surface area contributed by atoms with Crippen LogP contribution in [0.5, 0.6) is 0 Å². The number of aromatic nitrogens is 2. The summed E-state index contributed by atoms with van der Waals surface area (Å²) >= 11 is 0. The van der Waals surface area contributed by atoms with Gasteiger partial charge in [0.05, 0.1) is 18.8 Å². The highest BCUT2D eigenvalue weighted by Gasteiger charge is 2.32. The van der Waals surface area contributed by atoms with Crippen molar-refractivity contribution in [2.24, 2.45) is 0 Å². The molecule has 2 atom stereocenters. The molecule has 2 heterocycles. The largest absolute Gasteiger partial charge is 0.479 e. The van der Waals surface area contributed by atoms with Gasteiger partial charge in [0.2, 0.25) is 5.91 Å². The number of aryl methyl sites for hydroxylation is 2. The van der Waals surface area contributed by atoms with Crippen LogP contribution >= 0.6 is 0 Å². The van der Waals surface area contributed by atoms with Crippen molar-refractivity contribution in [1.82, 2.24) is 14.7 Å². The van der Waals surface area contributed by atoms with E-state index in [1.54, 1.807) is 22.7 Å². The van der Waals surface area contributed by atoms with Crippen molar-refractivity contribution in [2.45, 2.75) is 39.0 Å². The van der Waals surface area contributed by atoms with Crippen LogP contribution in [0.1, 0.15) is 18.9 Å². The maximum absolute atomic E-state index is 12.1. The maximum Gasteiger partial charge on any atom is 0.334 e. The minimum Gasteiger partial charge on any atom is -0.479 e. The van der Waals surface area contributed by atoms with Crippen LogP contribution < -0.4 is 0 Å². The number of amides is 1.